The number of aldehydes is 1. The maximum Gasteiger partial charge on any atom is 0.266 e. The summed E-state index contributed by atoms with van der Waals surface area (Å²) in [4.78, 5) is 104. The van der Waals surface area contributed by atoms with Crippen molar-refractivity contribution in [2.75, 3.05) is 0 Å². The molecule has 10 nitrogen and oxygen atoms in total. The molecule has 11 rings (SSSR count). The van der Waals surface area contributed by atoms with Crippen molar-refractivity contribution in [3.63, 3.8) is 0 Å². The second kappa shape index (κ2) is 21.6. The van der Waals surface area contributed by atoms with Crippen LogP contribution in [0.15, 0.2) is 114 Å². The molecule has 0 aliphatic rings. The van der Waals surface area contributed by atoms with Gasteiger partial charge in [0.15, 0.2) is 0 Å². The number of fused-ring (bicyclic) bond motifs is 4. The van der Waals surface area contributed by atoms with Crippen LogP contribution in [0.4, 0.5) is 0 Å². The molecule has 11 aromatic rings. The Hall–Kier alpha value is -7.33. The second-order valence-electron chi connectivity index (χ2n) is 22.2. The van der Waals surface area contributed by atoms with Crippen LogP contribution >= 0.6 is 0 Å². The number of pyridine rings is 2. The Morgan fingerprint density at radius 3 is 1.04 bits per heavy atom. The SMILES string of the molecule is CCCCCCC(CCCCCC)n1c(=O)c2ccc3c4ccc5c(=O)n(C(CCCCCC)CCCCCC)c(=O)c6cc7c8c(=O)n(-c9ccc(-c%10ccc(C=O)cc%10)cc9)c(=O)c8c8cc(c1=O)c2c3c8c7c4c56. The van der Waals surface area contributed by atoms with E-state index in [4.69, 9.17) is 0 Å². The van der Waals surface area contributed by atoms with Crippen molar-refractivity contribution < 1.29 is 4.79 Å². The summed E-state index contributed by atoms with van der Waals surface area (Å²) in [5, 5.41) is 7.67. The van der Waals surface area contributed by atoms with Crippen LogP contribution in [0.3, 0.4) is 0 Å². The Morgan fingerprint density at radius 2 is 0.675 bits per heavy atom. The van der Waals surface area contributed by atoms with E-state index in [2.05, 4.69) is 27.7 Å². The van der Waals surface area contributed by atoms with Crippen molar-refractivity contribution in [2.24, 2.45) is 0 Å². The zero-order valence-electron chi connectivity index (χ0n) is 45.2. The molecule has 0 saturated heterocycles. The second-order valence-corrected chi connectivity index (χ2v) is 22.2. The lowest BCUT2D eigenvalue weighted by Crippen LogP contribution is -2.37. The third kappa shape index (κ3) is 8.57. The normalized spacial score (nSPS) is 12.5. The molecule has 394 valence electrons. The van der Waals surface area contributed by atoms with Gasteiger partial charge in [0.1, 0.15) is 6.29 Å². The highest BCUT2D eigenvalue weighted by Crippen LogP contribution is 2.50. The number of rotatable bonds is 25. The van der Waals surface area contributed by atoms with E-state index in [0.717, 1.165) is 131 Å². The minimum Gasteiger partial charge on any atom is -0.298 e. The molecule has 0 unspecified atom stereocenters. The van der Waals surface area contributed by atoms with Crippen LogP contribution in [0.5, 0.6) is 0 Å². The lowest BCUT2D eigenvalue weighted by Gasteiger charge is -2.24. The summed E-state index contributed by atoms with van der Waals surface area (Å²) in [6.07, 6.45) is 19.7. The summed E-state index contributed by atoms with van der Waals surface area (Å²) < 4.78 is 4.20. The number of carbonyl (C=O) groups is 1. The zero-order valence-corrected chi connectivity index (χ0v) is 45.2. The van der Waals surface area contributed by atoms with Gasteiger partial charge in [-0.25, -0.2) is 4.57 Å². The standard InChI is InChI=1S/C67H69N3O7/c1-5-9-13-17-21-43(22-18-14-10-6-2)68-62(72)48-35-33-46-47-34-36-49-55-53(65(75)69(63(49)73)44(23-19-15-11-7-3)24-20-16-12-8-4)38-51-59(57(47)55)58-50(37-52(64(68)74)54(48)56(46)58)60-61(51)67(77)70(66(60)76)45-31-29-42(30-32-45)41-27-25-40(39-71)26-28-41/h25-39,43-44H,5-24H2,1-4H3. The highest BCUT2D eigenvalue weighted by atomic mass is 16.2. The van der Waals surface area contributed by atoms with E-state index in [1.54, 1.807) is 36.4 Å². The molecule has 3 heterocycles. The fourth-order valence-corrected chi connectivity index (χ4v) is 13.4. The van der Waals surface area contributed by atoms with Gasteiger partial charge < -0.3 is 0 Å². The van der Waals surface area contributed by atoms with Crippen molar-refractivity contribution in [3.8, 4) is 16.8 Å². The molecule has 0 spiro atoms. The first-order valence-electron chi connectivity index (χ1n) is 28.9. The lowest BCUT2D eigenvalue weighted by atomic mass is 9.81. The largest absolute Gasteiger partial charge is 0.298 e. The molecule has 77 heavy (non-hydrogen) atoms. The van der Waals surface area contributed by atoms with Gasteiger partial charge in [0.2, 0.25) is 0 Å². The van der Waals surface area contributed by atoms with Crippen molar-refractivity contribution in [1.82, 2.24) is 13.7 Å². The molecule has 8 aromatic carbocycles. The Kier molecular flexibility index (Phi) is 14.5. The molecule has 0 radical (unpaired) electrons. The van der Waals surface area contributed by atoms with E-state index in [-0.39, 0.29) is 34.0 Å². The van der Waals surface area contributed by atoms with Gasteiger partial charge in [-0.1, -0.05) is 179 Å². The Morgan fingerprint density at radius 1 is 0.338 bits per heavy atom. The molecule has 10 heteroatoms. The first-order valence-corrected chi connectivity index (χ1v) is 28.9. The van der Waals surface area contributed by atoms with Gasteiger partial charge in [-0.2, -0.15) is 0 Å². The molecule has 0 aliphatic carbocycles. The molecule has 0 aliphatic heterocycles. The van der Waals surface area contributed by atoms with E-state index in [0.29, 0.717) is 102 Å². The monoisotopic (exact) mass is 1030 g/mol. The molecule has 0 atom stereocenters. The number of hydrogen-bond acceptors (Lipinski definition) is 7. The molecule has 0 N–H and O–H groups in total. The Labute approximate surface area is 446 Å². The van der Waals surface area contributed by atoms with Crippen LogP contribution in [0.1, 0.15) is 179 Å². The summed E-state index contributed by atoms with van der Waals surface area (Å²) in [5.74, 6) is 0. The summed E-state index contributed by atoms with van der Waals surface area (Å²) in [7, 11) is 0. The van der Waals surface area contributed by atoms with E-state index in [1.807, 2.05) is 48.5 Å². The Bertz CT molecular complexity index is 4070. The number of aromatic nitrogens is 3. The first-order chi connectivity index (χ1) is 37.6. The molecular formula is C67H69N3O7. The summed E-state index contributed by atoms with van der Waals surface area (Å²) in [5.41, 5.74) is 0.00591. The summed E-state index contributed by atoms with van der Waals surface area (Å²) in [6.45, 7) is 8.67. The number of hydrogen-bond donors (Lipinski definition) is 0. The molecular weight excluding hydrogens is 959 g/mol. The van der Waals surface area contributed by atoms with Gasteiger partial charge in [-0.15, -0.1) is 0 Å². The van der Waals surface area contributed by atoms with Crippen LogP contribution in [0, 0.1) is 0 Å². The number of unbranched alkanes of at least 4 members (excludes halogenated alkanes) is 12. The molecule has 3 aromatic heterocycles. The minimum atomic E-state index is -0.559. The minimum absolute atomic E-state index is 0.138. The molecule has 0 amide bonds. The van der Waals surface area contributed by atoms with Gasteiger partial charge in [0.25, 0.3) is 33.4 Å². The third-order valence-corrected chi connectivity index (χ3v) is 17.3. The highest BCUT2D eigenvalue weighted by molar-refractivity contribution is 6.48. The molecule has 0 bridgehead atoms. The summed E-state index contributed by atoms with van der Waals surface area (Å²) >= 11 is 0. The zero-order chi connectivity index (χ0) is 53.6. The van der Waals surface area contributed by atoms with Gasteiger partial charge in [0, 0.05) is 50.0 Å². The average Bonchev–Trinajstić information content (AvgIpc) is 3.95. The van der Waals surface area contributed by atoms with Crippen molar-refractivity contribution in [3.05, 3.63) is 153 Å². The quantitative estimate of drug-likeness (QED) is 0.0241. The predicted molar refractivity (Wildman–Crippen MR) is 319 cm³/mol. The van der Waals surface area contributed by atoms with Crippen LogP contribution < -0.4 is 33.4 Å². The van der Waals surface area contributed by atoms with Crippen molar-refractivity contribution in [2.45, 2.75) is 168 Å². The van der Waals surface area contributed by atoms with E-state index in [1.165, 1.54) is 13.7 Å². The molecule has 0 saturated carbocycles. The fraction of sp³-hybridized carbons (Fsp3) is 0.388. The van der Waals surface area contributed by atoms with Crippen molar-refractivity contribution in [1.29, 1.82) is 0 Å². The van der Waals surface area contributed by atoms with E-state index >= 15 is 28.8 Å². The highest BCUT2D eigenvalue weighted by Gasteiger charge is 2.32. The first kappa shape index (κ1) is 51.8. The van der Waals surface area contributed by atoms with E-state index < -0.39 is 22.2 Å². The van der Waals surface area contributed by atoms with Gasteiger partial charge >= 0.3 is 0 Å². The number of nitrogens with zero attached hydrogens (tertiary/aromatic N) is 3. The maximum absolute atomic E-state index is 15.6. The van der Waals surface area contributed by atoms with Crippen molar-refractivity contribution >= 4 is 92.5 Å². The third-order valence-electron chi connectivity index (χ3n) is 17.3. The number of carbonyl (C=O) groups excluding carboxylic acids is 1. The smallest absolute Gasteiger partial charge is 0.266 e. The lowest BCUT2D eigenvalue weighted by molar-refractivity contribution is 0.112. The van der Waals surface area contributed by atoms with Gasteiger partial charge in [-0.3, -0.25) is 42.7 Å². The number of benzene rings is 8. The average molecular weight is 1030 g/mol. The predicted octanol–water partition coefficient (Wildman–Crippen LogP) is 15.1. The summed E-state index contributed by atoms with van der Waals surface area (Å²) in [6, 6.07) is 24.8. The van der Waals surface area contributed by atoms with E-state index in [9.17, 15) is 4.79 Å². The van der Waals surface area contributed by atoms with Gasteiger partial charge in [-0.05, 0) is 116 Å². The fourth-order valence-electron chi connectivity index (χ4n) is 13.4. The molecule has 0 fully saturated rings. The van der Waals surface area contributed by atoms with Crippen LogP contribution in [-0.2, 0) is 0 Å². The van der Waals surface area contributed by atoms with Gasteiger partial charge in [0.05, 0.1) is 16.5 Å². The topological polar surface area (TPSA) is 134 Å². The van der Waals surface area contributed by atoms with Crippen LogP contribution in [0.25, 0.3) is 103 Å². The Balaban J connectivity index is 1.24. The van der Waals surface area contributed by atoms with Crippen LogP contribution in [-0.4, -0.2) is 20.0 Å². The van der Waals surface area contributed by atoms with Crippen LogP contribution in [0.2, 0.25) is 0 Å². The maximum atomic E-state index is 15.6.